The van der Waals surface area contributed by atoms with Crippen LogP contribution in [0.25, 0.3) is 0 Å². The minimum absolute atomic E-state index is 0.584. The molecule has 2 aliphatic rings. The molecule has 2 aliphatic carbocycles. The predicted molar refractivity (Wildman–Crippen MR) is 90.6 cm³/mol. The van der Waals surface area contributed by atoms with Crippen molar-refractivity contribution < 1.29 is 0 Å². The van der Waals surface area contributed by atoms with Crippen LogP contribution in [0.4, 0.5) is 0 Å². The van der Waals surface area contributed by atoms with Gasteiger partial charge in [-0.15, -0.1) is 0 Å². The molecule has 21 heavy (non-hydrogen) atoms. The average Bonchev–Trinajstić information content (AvgIpc) is 2.49. The molecule has 2 fully saturated rings. The van der Waals surface area contributed by atoms with Crippen molar-refractivity contribution in [1.82, 2.24) is 5.32 Å². The first-order valence-electron chi connectivity index (χ1n) is 9.21. The Bertz CT molecular complexity index is 412. The highest BCUT2D eigenvalue weighted by molar-refractivity contribution is 5.29. The third kappa shape index (κ3) is 3.69. The second kappa shape index (κ2) is 7.45. The van der Waals surface area contributed by atoms with Crippen molar-refractivity contribution in [3.05, 3.63) is 35.4 Å². The number of rotatable bonds is 6. The Balaban J connectivity index is 1.71. The first-order valence-corrected chi connectivity index (χ1v) is 9.21. The number of nitrogens with one attached hydrogen (secondary N) is 1. The second-order valence-corrected chi connectivity index (χ2v) is 7.12. The van der Waals surface area contributed by atoms with Crippen molar-refractivity contribution in [2.75, 3.05) is 6.54 Å². The van der Waals surface area contributed by atoms with Gasteiger partial charge in [-0.3, -0.25) is 0 Å². The van der Waals surface area contributed by atoms with E-state index >= 15 is 0 Å². The van der Waals surface area contributed by atoms with Crippen molar-refractivity contribution in [1.29, 1.82) is 0 Å². The smallest absolute Gasteiger partial charge is 0.0348 e. The van der Waals surface area contributed by atoms with Gasteiger partial charge >= 0.3 is 0 Å². The first kappa shape index (κ1) is 15.1. The van der Waals surface area contributed by atoms with E-state index in [1.54, 1.807) is 5.56 Å². The molecule has 0 aliphatic heterocycles. The Hall–Kier alpha value is -0.820. The molecule has 0 spiro atoms. The maximum Gasteiger partial charge on any atom is 0.0348 e. The van der Waals surface area contributed by atoms with Crippen LogP contribution in [0.1, 0.15) is 87.8 Å². The molecular formula is C20H31N. The molecule has 1 aromatic rings. The summed E-state index contributed by atoms with van der Waals surface area (Å²) in [6.07, 6.45) is 12.6. The number of hydrogen-bond acceptors (Lipinski definition) is 1. The van der Waals surface area contributed by atoms with Crippen LogP contribution in [0.15, 0.2) is 24.3 Å². The zero-order chi connectivity index (χ0) is 14.5. The minimum Gasteiger partial charge on any atom is -0.310 e. The second-order valence-electron chi connectivity index (χ2n) is 7.12. The minimum atomic E-state index is 0.584. The molecule has 116 valence electrons. The van der Waals surface area contributed by atoms with Crippen LogP contribution in [0.2, 0.25) is 0 Å². The molecule has 1 atom stereocenters. The van der Waals surface area contributed by atoms with Gasteiger partial charge in [0, 0.05) is 6.04 Å². The summed E-state index contributed by atoms with van der Waals surface area (Å²) in [5.41, 5.74) is 3.10. The van der Waals surface area contributed by atoms with E-state index < -0.39 is 0 Å². The molecule has 3 rings (SSSR count). The molecule has 0 radical (unpaired) electrons. The predicted octanol–water partition coefficient (Wildman–Crippen LogP) is 5.58. The summed E-state index contributed by atoms with van der Waals surface area (Å²) in [5.74, 6) is 1.70. The van der Waals surface area contributed by atoms with Gasteiger partial charge in [-0.2, -0.15) is 0 Å². The van der Waals surface area contributed by atoms with Crippen LogP contribution in [0.3, 0.4) is 0 Å². The summed E-state index contributed by atoms with van der Waals surface area (Å²) < 4.78 is 0. The lowest BCUT2D eigenvalue weighted by atomic mass is 9.78. The van der Waals surface area contributed by atoms with E-state index in [1.165, 1.54) is 63.4 Å². The van der Waals surface area contributed by atoms with Crippen LogP contribution < -0.4 is 5.32 Å². The Kier molecular flexibility index (Phi) is 5.35. The summed E-state index contributed by atoms with van der Waals surface area (Å²) in [6.45, 7) is 3.41. The summed E-state index contributed by atoms with van der Waals surface area (Å²) in [4.78, 5) is 0. The lowest BCUT2D eigenvalue weighted by molar-refractivity contribution is 0.272. The molecule has 0 amide bonds. The summed E-state index contributed by atoms with van der Waals surface area (Å²) in [7, 11) is 0. The Morgan fingerprint density at radius 2 is 1.67 bits per heavy atom. The Labute approximate surface area is 130 Å². The van der Waals surface area contributed by atoms with Crippen molar-refractivity contribution in [3.8, 4) is 0 Å². The van der Waals surface area contributed by atoms with E-state index in [-0.39, 0.29) is 0 Å². The molecule has 1 aromatic carbocycles. The molecular weight excluding hydrogens is 254 g/mol. The van der Waals surface area contributed by atoms with Gasteiger partial charge in [0.05, 0.1) is 0 Å². The lowest BCUT2D eigenvalue weighted by Crippen LogP contribution is -2.30. The van der Waals surface area contributed by atoms with Gasteiger partial charge in [-0.05, 0) is 61.6 Å². The topological polar surface area (TPSA) is 12.0 Å². The van der Waals surface area contributed by atoms with E-state index in [9.17, 15) is 0 Å². The van der Waals surface area contributed by atoms with E-state index in [0.717, 1.165) is 18.4 Å². The Morgan fingerprint density at radius 3 is 2.24 bits per heavy atom. The largest absolute Gasteiger partial charge is 0.310 e. The highest BCUT2D eigenvalue weighted by Crippen LogP contribution is 2.38. The fourth-order valence-electron chi connectivity index (χ4n) is 4.04. The molecule has 1 nitrogen and oxygen atoms in total. The quantitative estimate of drug-likeness (QED) is 0.720. The fraction of sp³-hybridized carbons (Fsp3) is 0.700. The molecule has 0 bridgehead atoms. The van der Waals surface area contributed by atoms with Crippen molar-refractivity contribution >= 4 is 0 Å². The van der Waals surface area contributed by atoms with E-state index in [4.69, 9.17) is 0 Å². The fourth-order valence-corrected chi connectivity index (χ4v) is 4.04. The number of hydrogen-bond donors (Lipinski definition) is 1. The normalized spacial score (nSPS) is 22.0. The monoisotopic (exact) mass is 285 g/mol. The van der Waals surface area contributed by atoms with Crippen molar-refractivity contribution in [2.45, 2.75) is 76.7 Å². The maximum absolute atomic E-state index is 3.83. The molecule has 0 heterocycles. The Morgan fingerprint density at radius 1 is 0.952 bits per heavy atom. The van der Waals surface area contributed by atoms with Crippen LogP contribution in [0.5, 0.6) is 0 Å². The van der Waals surface area contributed by atoms with Gasteiger partial charge in [0.25, 0.3) is 0 Å². The SMILES string of the molecule is CCCNC(c1ccc(C2CCC2)cc1)C1CCCCC1. The van der Waals surface area contributed by atoms with Gasteiger partial charge < -0.3 is 5.32 Å². The summed E-state index contributed by atoms with van der Waals surface area (Å²) >= 11 is 0. The van der Waals surface area contributed by atoms with Crippen LogP contribution in [0, 0.1) is 5.92 Å². The van der Waals surface area contributed by atoms with Gasteiger partial charge in [-0.1, -0.05) is 56.9 Å². The number of benzene rings is 1. The van der Waals surface area contributed by atoms with E-state index in [1.807, 2.05) is 0 Å². The van der Waals surface area contributed by atoms with Gasteiger partial charge in [0.2, 0.25) is 0 Å². The highest BCUT2D eigenvalue weighted by atomic mass is 14.9. The standard InChI is InChI=1S/C20H31N/c1-2-15-21-20(18-7-4-3-5-8-18)19-13-11-17(12-14-19)16-9-6-10-16/h11-14,16,18,20-21H,2-10,15H2,1H3. The maximum atomic E-state index is 3.83. The molecule has 1 N–H and O–H groups in total. The molecule has 0 aromatic heterocycles. The lowest BCUT2D eigenvalue weighted by Gasteiger charge is -2.32. The first-order chi connectivity index (χ1) is 10.4. The molecule has 1 heteroatoms. The summed E-state index contributed by atoms with van der Waals surface area (Å²) in [6, 6.07) is 10.2. The third-order valence-corrected chi connectivity index (χ3v) is 5.61. The molecule has 1 unspecified atom stereocenters. The van der Waals surface area contributed by atoms with Gasteiger partial charge in [0.15, 0.2) is 0 Å². The van der Waals surface area contributed by atoms with Crippen LogP contribution in [-0.4, -0.2) is 6.54 Å². The zero-order valence-corrected chi connectivity index (χ0v) is 13.6. The highest BCUT2D eigenvalue weighted by Gasteiger charge is 2.25. The van der Waals surface area contributed by atoms with Gasteiger partial charge in [0.1, 0.15) is 0 Å². The average molecular weight is 285 g/mol. The molecule has 0 saturated heterocycles. The van der Waals surface area contributed by atoms with Crippen LogP contribution >= 0.6 is 0 Å². The van der Waals surface area contributed by atoms with E-state index in [2.05, 4.69) is 36.5 Å². The van der Waals surface area contributed by atoms with Crippen molar-refractivity contribution in [3.63, 3.8) is 0 Å². The third-order valence-electron chi connectivity index (χ3n) is 5.61. The van der Waals surface area contributed by atoms with Gasteiger partial charge in [-0.25, -0.2) is 0 Å². The van der Waals surface area contributed by atoms with Crippen molar-refractivity contribution in [2.24, 2.45) is 5.92 Å². The van der Waals surface area contributed by atoms with E-state index in [0.29, 0.717) is 6.04 Å². The molecule has 2 saturated carbocycles. The zero-order valence-electron chi connectivity index (χ0n) is 13.6. The van der Waals surface area contributed by atoms with Crippen LogP contribution in [-0.2, 0) is 0 Å². The summed E-state index contributed by atoms with van der Waals surface area (Å²) in [5, 5.41) is 3.83.